The summed E-state index contributed by atoms with van der Waals surface area (Å²) in [5.74, 6) is -1.07. The molecule has 0 spiro atoms. The van der Waals surface area contributed by atoms with Gasteiger partial charge in [0.15, 0.2) is 0 Å². The second-order valence-electron chi connectivity index (χ2n) is 2.95. The van der Waals surface area contributed by atoms with Crippen molar-refractivity contribution in [2.24, 2.45) is 0 Å². The van der Waals surface area contributed by atoms with E-state index in [1.807, 2.05) is 0 Å². The predicted molar refractivity (Wildman–Crippen MR) is 65.0 cm³/mol. The zero-order valence-electron chi connectivity index (χ0n) is 9.36. The zero-order valence-corrected chi connectivity index (χ0v) is 10.9. The van der Waals surface area contributed by atoms with Gasteiger partial charge in [-0.2, -0.15) is 0 Å². The smallest absolute Gasteiger partial charge is 0.305 e. The molecule has 0 saturated heterocycles. The maximum atomic E-state index is 10.9. The van der Waals surface area contributed by atoms with E-state index in [0.717, 1.165) is 0 Å². The molecule has 0 fully saturated rings. The molecular weight excluding hydrogens is 294 g/mol. The topological polar surface area (TPSA) is 84.9 Å². The van der Waals surface area contributed by atoms with Crippen LogP contribution in [0, 0.1) is 0 Å². The van der Waals surface area contributed by atoms with Crippen molar-refractivity contribution in [1.82, 2.24) is 5.32 Å². The molecule has 2 N–H and O–H groups in total. The Labute approximate surface area is 108 Å². The Kier molecular flexibility index (Phi) is 10.9. The van der Waals surface area contributed by atoms with Gasteiger partial charge in [0, 0.05) is 12.6 Å². The minimum atomic E-state index is -0.881. The van der Waals surface area contributed by atoms with Crippen molar-refractivity contribution in [3.05, 3.63) is 11.1 Å². The summed E-state index contributed by atoms with van der Waals surface area (Å²) in [6, 6.07) is 0. The fourth-order valence-electron chi connectivity index (χ4n) is 0.844. The normalized spacial score (nSPS) is 10.6. The minimum absolute atomic E-state index is 0.00502. The van der Waals surface area contributed by atoms with Crippen molar-refractivity contribution in [3.8, 4) is 0 Å². The van der Waals surface area contributed by atoms with E-state index in [4.69, 9.17) is 14.6 Å². The average Bonchev–Trinajstić information content (AvgIpc) is 2.27. The van der Waals surface area contributed by atoms with E-state index < -0.39 is 5.97 Å². The van der Waals surface area contributed by atoms with E-state index >= 15 is 0 Å². The molecule has 0 aliphatic rings. The lowest BCUT2D eigenvalue weighted by molar-refractivity contribution is -0.138. The highest BCUT2D eigenvalue weighted by Gasteiger charge is 1.96. The Balaban J connectivity index is 3.13. The van der Waals surface area contributed by atoms with Crippen LogP contribution in [0.25, 0.3) is 0 Å². The van der Waals surface area contributed by atoms with E-state index in [1.54, 1.807) is 0 Å². The number of rotatable bonds is 10. The Morgan fingerprint density at radius 2 is 1.82 bits per heavy atom. The fraction of sp³-hybridized carbons (Fsp3) is 0.600. The largest absolute Gasteiger partial charge is 0.481 e. The quantitative estimate of drug-likeness (QED) is 0.454. The molecule has 0 bridgehead atoms. The molecule has 0 radical (unpaired) electrons. The SMILES string of the molecule is O=C(O)CCOCCOCCNC(=O)/C=C/Br. The Morgan fingerprint density at radius 3 is 2.41 bits per heavy atom. The maximum absolute atomic E-state index is 10.9. The number of carbonyl (C=O) groups is 2. The van der Waals surface area contributed by atoms with Crippen LogP contribution in [0.5, 0.6) is 0 Å². The van der Waals surface area contributed by atoms with E-state index in [1.165, 1.54) is 11.1 Å². The number of carboxylic acids is 1. The van der Waals surface area contributed by atoms with Crippen LogP contribution in [0.3, 0.4) is 0 Å². The molecule has 0 atom stereocenters. The maximum Gasteiger partial charge on any atom is 0.305 e. The first kappa shape index (κ1) is 16.1. The summed E-state index contributed by atoms with van der Waals surface area (Å²) < 4.78 is 10.1. The molecule has 0 aliphatic heterocycles. The number of halogens is 1. The van der Waals surface area contributed by atoms with E-state index in [2.05, 4.69) is 21.2 Å². The van der Waals surface area contributed by atoms with Gasteiger partial charge in [-0.15, -0.1) is 0 Å². The molecule has 7 heteroatoms. The molecule has 0 aromatic carbocycles. The van der Waals surface area contributed by atoms with Gasteiger partial charge in [0.2, 0.25) is 5.91 Å². The van der Waals surface area contributed by atoms with E-state index in [-0.39, 0.29) is 18.9 Å². The van der Waals surface area contributed by atoms with Crippen LogP contribution in [0.1, 0.15) is 6.42 Å². The van der Waals surface area contributed by atoms with Gasteiger partial charge >= 0.3 is 5.97 Å². The summed E-state index contributed by atoms with van der Waals surface area (Å²) >= 11 is 2.99. The summed E-state index contributed by atoms with van der Waals surface area (Å²) in [5, 5.41) is 10.9. The molecule has 17 heavy (non-hydrogen) atoms. The highest BCUT2D eigenvalue weighted by Crippen LogP contribution is 1.84. The molecule has 0 rings (SSSR count). The first-order chi connectivity index (χ1) is 8.16. The second kappa shape index (κ2) is 11.6. The molecule has 0 heterocycles. The molecule has 0 unspecified atom stereocenters. The molecular formula is C10H16BrNO5. The molecule has 1 amide bonds. The second-order valence-corrected chi connectivity index (χ2v) is 3.48. The molecule has 0 aromatic heterocycles. The van der Waals surface area contributed by atoms with Crippen molar-refractivity contribution in [3.63, 3.8) is 0 Å². The van der Waals surface area contributed by atoms with Crippen LogP contribution in [0.2, 0.25) is 0 Å². The van der Waals surface area contributed by atoms with Crippen molar-refractivity contribution in [1.29, 1.82) is 0 Å². The van der Waals surface area contributed by atoms with Gasteiger partial charge in [0.25, 0.3) is 0 Å². The number of aliphatic carboxylic acids is 1. The molecule has 6 nitrogen and oxygen atoms in total. The summed E-state index contributed by atoms with van der Waals surface area (Å²) in [6.07, 6.45) is 1.35. The third kappa shape index (κ3) is 13.0. The van der Waals surface area contributed by atoms with Crippen molar-refractivity contribution in [2.75, 3.05) is 33.0 Å². The molecule has 0 saturated carbocycles. The van der Waals surface area contributed by atoms with Gasteiger partial charge in [0.1, 0.15) is 0 Å². The van der Waals surface area contributed by atoms with Gasteiger partial charge < -0.3 is 19.9 Å². The van der Waals surface area contributed by atoms with Gasteiger partial charge in [0.05, 0.1) is 32.8 Å². The van der Waals surface area contributed by atoms with Crippen LogP contribution in [0.4, 0.5) is 0 Å². The minimum Gasteiger partial charge on any atom is -0.481 e. The molecule has 0 aliphatic carbocycles. The Bertz CT molecular complexity index is 257. The standard InChI is InChI=1S/C10H16BrNO5/c11-3-1-9(13)12-4-6-17-8-7-16-5-2-10(14)15/h1,3H,2,4-8H2,(H,12,13)(H,14,15)/b3-1+. The number of carbonyl (C=O) groups excluding carboxylic acids is 1. The van der Waals surface area contributed by atoms with Crippen molar-refractivity contribution < 1.29 is 24.2 Å². The average molecular weight is 310 g/mol. The lowest BCUT2D eigenvalue weighted by Gasteiger charge is -2.05. The van der Waals surface area contributed by atoms with Crippen LogP contribution >= 0.6 is 15.9 Å². The van der Waals surface area contributed by atoms with Crippen LogP contribution in [-0.4, -0.2) is 50.0 Å². The number of ether oxygens (including phenoxy) is 2. The zero-order chi connectivity index (χ0) is 12.9. The lowest BCUT2D eigenvalue weighted by atomic mass is 10.5. The van der Waals surface area contributed by atoms with Crippen LogP contribution in [-0.2, 0) is 19.1 Å². The van der Waals surface area contributed by atoms with Gasteiger partial charge in [-0.05, 0) is 4.99 Å². The third-order valence-electron chi connectivity index (χ3n) is 1.59. The number of carboxylic acid groups (broad SMARTS) is 1. The van der Waals surface area contributed by atoms with Crippen molar-refractivity contribution >= 4 is 27.8 Å². The van der Waals surface area contributed by atoms with Gasteiger partial charge in [-0.3, -0.25) is 9.59 Å². The van der Waals surface area contributed by atoms with Crippen molar-refractivity contribution in [2.45, 2.75) is 6.42 Å². The number of nitrogens with one attached hydrogen (secondary N) is 1. The lowest BCUT2D eigenvalue weighted by Crippen LogP contribution is -2.25. The Hall–Kier alpha value is -0.920. The van der Waals surface area contributed by atoms with Crippen LogP contribution in [0.15, 0.2) is 11.1 Å². The first-order valence-electron chi connectivity index (χ1n) is 5.08. The number of hydrogen-bond acceptors (Lipinski definition) is 4. The monoisotopic (exact) mass is 309 g/mol. The van der Waals surface area contributed by atoms with Gasteiger partial charge in [-0.1, -0.05) is 15.9 Å². The molecule has 98 valence electrons. The fourth-order valence-corrected chi connectivity index (χ4v) is 1.08. The Morgan fingerprint density at radius 1 is 1.18 bits per heavy atom. The molecule has 0 aromatic rings. The first-order valence-corrected chi connectivity index (χ1v) is 6.00. The van der Waals surface area contributed by atoms with E-state index in [9.17, 15) is 9.59 Å². The third-order valence-corrected chi connectivity index (χ3v) is 1.86. The summed E-state index contributed by atoms with van der Waals surface area (Å²) in [7, 11) is 0. The predicted octanol–water partition coefficient (Wildman–Crippen LogP) is 0.519. The highest BCUT2D eigenvalue weighted by atomic mass is 79.9. The highest BCUT2D eigenvalue weighted by molar-refractivity contribution is 9.11. The summed E-state index contributed by atoms with van der Waals surface area (Å²) in [6.45, 7) is 1.73. The summed E-state index contributed by atoms with van der Waals surface area (Å²) in [5.41, 5.74) is 0. The van der Waals surface area contributed by atoms with E-state index in [0.29, 0.717) is 26.4 Å². The number of hydrogen-bond donors (Lipinski definition) is 2. The summed E-state index contributed by atoms with van der Waals surface area (Å²) in [4.78, 5) is 22.5. The van der Waals surface area contributed by atoms with Crippen LogP contribution < -0.4 is 5.32 Å². The number of amides is 1. The van der Waals surface area contributed by atoms with Gasteiger partial charge in [-0.25, -0.2) is 0 Å².